The van der Waals surface area contributed by atoms with E-state index in [0.717, 1.165) is 5.75 Å². The minimum atomic E-state index is -0.289. The second kappa shape index (κ2) is 5.16. The van der Waals surface area contributed by atoms with E-state index in [0.29, 0.717) is 29.9 Å². The number of carbonyl (C=O) groups excluding carboxylic acids is 1. The van der Waals surface area contributed by atoms with Crippen molar-refractivity contribution in [1.82, 2.24) is 0 Å². The van der Waals surface area contributed by atoms with Crippen molar-refractivity contribution >= 4 is 5.97 Å². The first-order chi connectivity index (χ1) is 10.8. The monoisotopic (exact) mass is 294 g/mol. The highest BCUT2D eigenvalue weighted by Crippen LogP contribution is 2.54. The van der Waals surface area contributed by atoms with Crippen LogP contribution in [-0.4, -0.2) is 19.7 Å². The summed E-state index contributed by atoms with van der Waals surface area (Å²) >= 11 is 0. The first-order valence-electron chi connectivity index (χ1n) is 7.64. The maximum atomic E-state index is 12.1. The number of ether oxygens (including phenoxy) is 2. The molecule has 4 atom stereocenters. The Morgan fingerprint density at radius 2 is 1.68 bits per heavy atom. The Morgan fingerprint density at radius 3 is 2.32 bits per heavy atom. The van der Waals surface area contributed by atoms with E-state index in [-0.39, 0.29) is 11.9 Å². The molecule has 0 aliphatic heterocycles. The van der Waals surface area contributed by atoms with Gasteiger partial charge in [-0.2, -0.15) is 0 Å². The van der Waals surface area contributed by atoms with Crippen LogP contribution in [0.2, 0.25) is 0 Å². The van der Waals surface area contributed by atoms with Crippen LogP contribution in [0, 0.1) is 23.7 Å². The van der Waals surface area contributed by atoms with Crippen molar-refractivity contribution in [2.24, 2.45) is 23.7 Å². The second-order valence-electron chi connectivity index (χ2n) is 6.07. The first kappa shape index (κ1) is 13.4. The van der Waals surface area contributed by atoms with Crippen molar-refractivity contribution in [3.63, 3.8) is 0 Å². The second-order valence-corrected chi connectivity index (χ2v) is 6.07. The third kappa shape index (κ3) is 2.27. The summed E-state index contributed by atoms with van der Waals surface area (Å²) in [6.45, 7) is 0.361. The zero-order valence-electron chi connectivity index (χ0n) is 12.4. The molecule has 1 fully saturated rings. The van der Waals surface area contributed by atoms with E-state index in [9.17, 15) is 4.79 Å². The van der Waals surface area contributed by atoms with Gasteiger partial charge in [0.25, 0.3) is 0 Å². The van der Waals surface area contributed by atoms with Gasteiger partial charge in [-0.05, 0) is 47.6 Å². The molecule has 22 heavy (non-hydrogen) atoms. The molecule has 1 saturated carbocycles. The van der Waals surface area contributed by atoms with Crippen molar-refractivity contribution in [3.05, 3.63) is 65.8 Å². The molecule has 3 heteroatoms. The van der Waals surface area contributed by atoms with Crippen LogP contribution in [0.4, 0.5) is 0 Å². The largest absolute Gasteiger partial charge is 0.497 e. The normalized spacial score (nSPS) is 30.3. The average Bonchev–Trinajstić information content (AvgIpc) is 3.30. The van der Waals surface area contributed by atoms with Crippen molar-refractivity contribution in [1.29, 1.82) is 0 Å². The van der Waals surface area contributed by atoms with E-state index in [4.69, 9.17) is 9.47 Å². The number of hydrogen-bond donors (Lipinski definition) is 0. The van der Waals surface area contributed by atoms with Gasteiger partial charge < -0.3 is 9.47 Å². The molecule has 3 nitrogen and oxygen atoms in total. The molecule has 4 bridgehead atoms. The SMILES string of the molecule is COc1ccc(C(=O)OCC2=CC3[C@H]4C=CC2C=C[C@@H]34)cc1. The summed E-state index contributed by atoms with van der Waals surface area (Å²) < 4.78 is 10.6. The fourth-order valence-corrected chi connectivity index (χ4v) is 3.39. The molecule has 1 aromatic carbocycles. The summed E-state index contributed by atoms with van der Waals surface area (Å²) in [5.74, 6) is 2.66. The van der Waals surface area contributed by atoms with Gasteiger partial charge in [0.1, 0.15) is 12.4 Å². The van der Waals surface area contributed by atoms with Gasteiger partial charge in [0.2, 0.25) is 0 Å². The quantitative estimate of drug-likeness (QED) is 0.630. The Morgan fingerprint density at radius 1 is 1.00 bits per heavy atom. The van der Waals surface area contributed by atoms with Gasteiger partial charge in [-0.3, -0.25) is 0 Å². The summed E-state index contributed by atoms with van der Waals surface area (Å²) in [7, 11) is 1.60. The third-order valence-corrected chi connectivity index (χ3v) is 4.80. The maximum Gasteiger partial charge on any atom is 0.338 e. The van der Waals surface area contributed by atoms with Crippen LogP contribution in [0.1, 0.15) is 10.4 Å². The van der Waals surface area contributed by atoms with Crippen LogP contribution in [0.3, 0.4) is 0 Å². The lowest BCUT2D eigenvalue weighted by molar-refractivity contribution is 0.0535. The predicted octanol–water partition coefficient (Wildman–Crippen LogP) is 3.40. The predicted molar refractivity (Wildman–Crippen MR) is 83.6 cm³/mol. The Balaban J connectivity index is 1.43. The first-order valence-corrected chi connectivity index (χ1v) is 7.64. The van der Waals surface area contributed by atoms with Crippen LogP contribution >= 0.6 is 0 Å². The van der Waals surface area contributed by atoms with Crippen molar-refractivity contribution in [2.75, 3.05) is 13.7 Å². The number of methoxy groups -OCH3 is 1. The van der Waals surface area contributed by atoms with E-state index in [2.05, 4.69) is 30.4 Å². The van der Waals surface area contributed by atoms with Gasteiger partial charge >= 0.3 is 5.97 Å². The van der Waals surface area contributed by atoms with E-state index >= 15 is 0 Å². The van der Waals surface area contributed by atoms with E-state index in [1.807, 2.05) is 0 Å². The van der Waals surface area contributed by atoms with Crippen LogP contribution in [0.5, 0.6) is 5.75 Å². The molecule has 112 valence electrons. The summed E-state index contributed by atoms with van der Waals surface area (Å²) in [5, 5.41) is 0. The van der Waals surface area contributed by atoms with Crippen LogP contribution in [0.15, 0.2) is 60.2 Å². The van der Waals surface area contributed by atoms with E-state index in [1.54, 1.807) is 31.4 Å². The highest BCUT2D eigenvalue weighted by molar-refractivity contribution is 5.89. The van der Waals surface area contributed by atoms with Gasteiger partial charge in [0.05, 0.1) is 12.7 Å². The number of benzene rings is 1. The summed E-state index contributed by atoms with van der Waals surface area (Å²) in [6, 6.07) is 6.99. The number of allylic oxidation sites excluding steroid dienone is 5. The molecule has 0 radical (unpaired) electrons. The summed E-state index contributed by atoms with van der Waals surface area (Å²) in [6.07, 6.45) is 11.4. The van der Waals surface area contributed by atoms with Crippen LogP contribution < -0.4 is 4.74 Å². The fraction of sp³-hybridized carbons (Fsp3) is 0.316. The van der Waals surface area contributed by atoms with E-state index < -0.39 is 0 Å². The molecule has 0 heterocycles. The lowest BCUT2D eigenvalue weighted by Crippen LogP contribution is -2.11. The molecule has 1 aromatic rings. The molecule has 4 aliphatic carbocycles. The highest BCUT2D eigenvalue weighted by atomic mass is 16.5. The van der Waals surface area contributed by atoms with Crippen molar-refractivity contribution in [3.8, 4) is 5.75 Å². The Bertz CT molecular complexity index is 661. The topological polar surface area (TPSA) is 35.5 Å². The Labute approximate surface area is 129 Å². The van der Waals surface area contributed by atoms with Gasteiger partial charge in [0, 0.05) is 5.92 Å². The Hall–Kier alpha value is -2.29. The highest BCUT2D eigenvalue weighted by Gasteiger charge is 2.47. The average molecular weight is 294 g/mol. The molecular formula is C19H18O3. The molecular weight excluding hydrogens is 276 g/mol. The smallest absolute Gasteiger partial charge is 0.338 e. The lowest BCUT2D eigenvalue weighted by Gasteiger charge is -2.13. The molecule has 0 aromatic heterocycles. The number of hydrogen-bond acceptors (Lipinski definition) is 3. The Kier molecular flexibility index (Phi) is 3.14. The van der Waals surface area contributed by atoms with Gasteiger partial charge in [-0.15, -0.1) is 0 Å². The number of esters is 1. The molecule has 2 unspecified atom stereocenters. The fourth-order valence-electron chi connectivity index (χ4n) is 3.39. The van der Waals surface area contributed by atoms with E-state index in [1.165, 1.54) is 5.57 Å². The zero-order chi connectivity index (χ0) is 15.1. The molecule has 4 aliphatic rings. The third-order valence-electron chi connectivity index (χ3n) is 4.80. The summed E-state index contributed by atoms with van der Waals surface area (Å²) in [5.41, 5.74) is 1.75. The summed E-state index contributed by atoms with van der Waals surface area (Å²) in [4.78, 5) is 12.1. The van der Waals surface area contributed by atoms with Crippen molar-refractivity contribution in [2.45, 2.75) is 0 Å². The minimum absolute atomic E-state index is 0.281. The zero-order valence-corrected chi connectivity index (χ0v) is 12.4. The van der Waals surface area contributed by atoms with Crippen molar-refractivity contribution < 1.29 is 14.3 Å². The standard InChI is InChI=1S/C19H18O3/c1-21-15-6-2-13(3-7-15)19(20)22-11-14-10-18-16-8-4-12(14)5-9-17(16)18/h2-10,12,16-18H,11H2,1H3/t12?,16-,17+,18?. The molecule has 0 N–H and O–H groups in total. The molecule has 0 saturated heterocycles. The molecule has 0 spiro atoms. The molecule has 5 rings (SSSR count). The van der Waals surface area contributed by atoms with Crippen LogP contribution in [0.25, 0.3) is 0 Å². The minimum Gasteiger partial charge on any atom is -0.497 e. The van der Waals surface area contributed by atoms with Crippen LogP contribution in [-0.2, 0) is 4.74 Å². The number of carbonyl (C=O) groups is 1. The molecule has 0 amide bonds. The number of rotatable bonds is 4. The van der Waals surface area contributed by atoms with Gasteiger partial charge in [-0.1, -0.05) is 30.4 Å². The maximum absolute atomic E-state index is 12.1. The lowest BCUT2D eigenvalue weighted by atomic mass is 10.00. The van der Waals surface area contributed by atoms with Gasteiger partial charge in [-0.25, -0.2) is 4.79 Å². The van der Waals surface area contributed by atoms with Gasteiger partial charge in [0.15, 0.2) is 0 Å².